The molecule has 0 saturated heterocycles. The van der Waals surface area contributed by atoms with Gasteiger partial charge in [0.15, 0.2) is 0 Å². The molecule has 1 heterocycles. The molecule has 0 unspecified atom stereocenters. The van der Waals surface area contributed by atoms with Crippen LogP contribution in [0, 0.1) is 0 Å². The molecule has 0 aromatic carbocycles. The van der Waals surface area contributed by atoms with E-state index in [1.807, 2.05) is 0 Å². The van der Waals surface area contributed by atoms with E-state index in [0.717, 1.165) is 0 Å². The van der Waals surface area contributed by atoms with Crippen molar-refractivity contribution in [1.29, 1.82) is 0 Å². The van der Waals surface area contributed by atoms with Gasteiger partial charge in [-0.25, -0.2) is 0 Å². The van der Waals surface area contributed by atoms with Crippen molar-refractivity contribution >= 4 is 6.01 Å². The predicted octanol–water partition coefficient (Wildman–Crippen LogP) is 1.12. The lowest BCUT2D eigenvalue weighted by Crippen LogP contribution is -2.19. The lowest BCUT2D eigenvalue weighted by molar-refractivity contribution is -0.153. The lowest BCUT2D eigenvalue weighted by atomic mass is 10.4. The quantitative estimate of drug-likeness (QED) is 0.693. The average molecular weight is 208 g/mol. The van der Waals surface area contributed by atoms with Gasteiger partial charge in [0.1, 0.15) is 0 Å². The first kappa shape index (κ1) is 10.6. The molecule has 0 spiro atoms. The lowest BCUT2D eigenvalue weighted by Gasteiger charge is -2.11. The van der Waals surface area contributed by atoms with Crippen molar-refractivity contribution < 1.29 is 17.6 Å². The first-order valence-electron chi connectivity index (χ1n) is 3.57. The normalized spacial score (nSPS) is 11.5. The van der Waals surface area contributed by atoms with Crippen molar-refractivity contribution in [2.75, 3.05) is 19.0 Å². The Bertz CT molecular complexity index is 383. The zero-order chi connectivity index (χ0) is 10.9. The number of hydrogen-bond acceptors (Lipinski definition) is 4. The second kappa shape index (κ2) is 3.32. The first-order chi connectivity index (χ1) is 6.30. The third-order valence-corrected chi connectivity index (χ3v) is 1.32. The Morgan fingerprint density at radius 3 is 2.43 bits per heavy atom. The van der Waals surface area contributed by atoms with Gasteiger partial charge in [0.05, 0.1) is 6.07 Å². The molecule has 4 nitrogen and oxygen atoms in total. The molecular weight excluding hydrogens is 201 g/mol. The fourth-order valence-electron chi connectivity index (χ4n) is 0.720. The molecule has 1 rings (SSSR count). The van der Waals surface area contributed by atoms with Crippen molar-refractivity contribution in [3.8, 4) is 0 Å². The van der Waals surface area contributed by atoms with Gasteiger partial charge < -0.3 is 9.32 Å². The third-order valence-electron chi connectivity index (χ3n) is 1.32. The van der Waals surface area contributed by atoms with Crippen molar-refractivity contribution in [3.63, 3.8) is 0 Å². The molecule has 1 aromatic rings. The Kier molecular flexibility index (Phi) is 2.50. The van der Waals surface area contributed by atoms with Crippen LogP contribution in [0.1, 0.15) is 5.76 Å². The zero-order valence-electron chi connectivity index (χ0n) is 7.42. The zero-order valence-corrected chi connectivity index (χ0v) is 7.42. The van der Waals surface area contributed by atoms with E-state index in [-0.39, 0.29) is 6.01 Å². The van der Waals surface area contributed by atoms with Gasteiger partial charge in [0, 0.05) is 14.1 Å². The maximum Gasteiger partial charge on any atom is 0.449 e. The minimum absolute atomic E-state index is 0.312. The molecule has 7 heteroatoms. The van der Waals surface area contributed by atoms with E-state index in [2.05, 4.69) is 9.40 Å². The molecule has 0 N–H and O–H groups in total. The second-order valence-electron chi connectivity index (χ2n) is 2.74. The van der Waals surface area contributed by atoms with E-state index >= 15 is 0 Å². The number of anilines is 1. The molecule has 0 bridgehead atoms. The van der Waals surface area contributed by atoms with Crippen LogP contribution in [-0.4, -0.2) is 19.1 Å². The molecule has 1 aromatic heterocycles. The molecule has 0 aliphatic rings. The first-order valence-corrected chi connectivity index (χ1v) is 3.57. The minimum atomic E-state index is -4.67. The SMILES string of the molecule is CN(C)c1nc(=O)cc(C(F)(F)F)o1. The van der Waals surface area contributed by atoms with Crippen LogP contribution in [0.3, 0.4) is 0 Å². The van der Waals surface area contributed by atoms with E-state index < -0.39 is 17.5 Å². The highest BCUT2D eigenvalue weighted by atomic mass is 19.4. The summed E-state index contributed by atoms with van der Waals surface area (Å²) in [6.45, 7) is 0. The maximum absolute atomic E-state index is 12.1. The van der Waals surface area contributed by atoms with E-state index in [9.17, 15) is 18.0 Å². The molecule has 0 amide bonds. The Morgan fingerprint density at radius 1 is 1.43 bits per heavy atom. The highest BCUT2D eigenvalue weighted by Gasteiger charge is 2.35. The average Bonchev–Trinajstić information content (AvgIpc) is 2.01. The van der Waals surface area contributed by atoms with Crippen LogP contribution in [0.5, 0.6) is 0 Å². The fraction of sp³-hybridized carbons (Fsp3) is 0.429. The number of alkyl halides is 3. The summed E-state index contributed by atoms with van der Waals surface area (Å²) in [4.78, 5) is 15.2. The Labute approximate surface area is 77.0 Å². The topological polar surface area (TPSA) is 46.3 Å². The summed E-state index contributed by atoms with van der Waals surface area (Å²) >= 11 is 0. The van der Waals surface area contributed by atoms with Crippen molar-refractivity contribution in [2.24, 2.45) is 0 Å². The van der Waals surface area contributed by atoms with Gasteiger partial charge in [-0.15, -0.1) is 0 Å². The van der Waals surface area contributed by atoms with Crippen LogP contribution < -0.4 is 10.5 Å². The van der Waals surface area contributed by atoms with Gasteiger partial charge in [-0.2, -0.15) is 18.2 Å². The largest absolute Gasteiger partial charge is 0.449 e. The Morgan fingerprint density at radius 2 is 2.00 bits per heavy atom. The van der Waals surface area contributed by atoms with Gasteiger partial charge in [-0.1, -0.05) is 0 Å². The molecule has 78 valence electrons. The second-order valence-corrected chi connectivity index (χ2v) is 2.74. The van der Waals surface area contributed by atoms with Crippen molar-refractivity contribution in [2.45, 2.75) is 6.18 Å². The van der Waals surface area contributed by atoms with E-state index in [1.54, 1.807) is 0 Å². The molecule has 0 atom stereocenters. The smallest absolute Gasteiger partial charge is 0.420 e. The third kappa shape index (κ3) is 2.24. The molecule has 0 fully saturated rings. The molecule has 0 aliphatic heterocycles. The van der Waals surface area contributed by atoms with E-state index in [1.165, 1.54) is 19.0 Å². The summed E-state index contributed by atoms with van der Waals surface area (Å²) < 4.78 is 40.8. The molecule has 14 heavy (non-hydrogen) atoms. The Balaban J connectivity index is 3.28. The van der Waals surface area contributed by atoms with Gasteiger partial charge in [0.2, 0.25) is 5.76 Å². The maximum atomic E-state index is 12.1. The van der Waals surface area contributed by atoms with Crippen molar-refractivity contribution in [3.05, 3.63) is 22.2 Å². The summed E-state index contributed by atoms with van der Waals surface area (Å²) in [6, 6.07) is -0.0580. The van der Waals surface area contributed by atoms with Gasteiger partial charge in [0.25, 0.3) is 5.56 Å². The van der Waals surface area contributed by atoms with Crippen LogP contribution in [0.4, 0.5) is 19.2 Å². The molecular formula is C7H7F3N2O2. The highest BCUT2D eigenvalue weighted by molar-refractivity contribution is 5.22. The predicted molar refractivity (Wildman–Crippen MR) is 42.1 cm³/mol. The van der Waals surface area contributed by atoms with Crippen LogP contribution in [0.15, 0.2) is 15.3 Å². The highest BCUT2D eigenvalue weighted by Crippen LogP contribution is 2.29. The van der Waals surface area contributed by atoms with Crippen LogP contribution in [0.2, 0.25) is 0 Å². The minimum Gasteiger partial charge on any atom is -0.420 e. The van der Waals surface area contributed by atoms with Gasteiger partial charge in [-0.3, -0.25) is 4.79 Å². The standard InChI is InChI=1S/C7H7F3N2O2/c1-12(2)6-11-5(13)3-4(14-6)7(8,9)10/h3H,1-2H3. The Hall–Kier alpha value is -1.53. The number of hydrogen-bond donors (Lipinski definition) is 0. The summed E-state index contributed by atoms with van der Waals surface area (Å²) in [5, 5.41) is 0. The number of nitrogens with zero attached hydrogens (tertiary/aromatic N) is 2. The van der Waals surface area contributed by atoms with Gasteiger partial charge >= 0.3 is 12.2 Å². The molecule has 0 saturated carbocycles. The van der Waals surface area contributed by atoms with Gasteiger partial charge in [-0.05, 0) is 0 Å². The number of rotatable bonds is 1. The van der Waals surface area contributed by atoms with Crippen LogP contribution >= 0.6 is 0 Å². The van der Waals surface area contributed by atoms with Crippen molar-refractivity contribution in [1.82, 2.24) is 4.98 Å². The molecule has 0 aliphatic carbocycles. The van der Waals surface area contributed by atoms with E-state index in [0.29, 0.717) is 6.07 Å². The van der Waals surface area contributed by atoms with Crippen LogP contribution in [-0.2, 0) is 6.18 Å². The number of aromatic nitrogens is 1. The number of halogens is 3. The molecule has 0 radical (unpaired) electrons. The fourth-order valence-corrected chi connectivity index (χ4v) is 0.720. The summed E-state index contributed by atoms with van der Waals surface area (Å²) in [5.74, 6) is -1.35. The monoisotopic (exact) mass is 208 g/mol. The summed E-state index contributed by atoms with van der Waals surface area (Å²) in [7, 11) is 2.84. The van der Waals surface area contributed by atoms with E-state index in [4.69, 9.17) is 0 Å². The van der Waals surface area contributed by atoms with Crippen LogP contribution in [0.25, 0.3) is 0 Å². The summed E-state index contributed by atoms with van der Waals surface area (Å²) in [6.07, 6.45) is -4.67. The summed E-state index contributed by atoms with van der Waals surface area (Å²) in [5.41, 5.74) is -0.979.